The van der Waals surface area contributed by atoms with E-state index < -0.39 is 6.09 Å². The zero-order valence-electron chi connectivity index (χ0n) is 7.71. The van der Waals surface area contributed by atoms with Crippen LogP contribution in [0.2, 0.25) is 0 Å². The van der Waals surface area contributed by atoms with E-state index in [2.05, 4.69) is 15.0 Å². The second-order valence-electron chi connectivity index (χ2n) is 2.71. The Bertz CT molecular complexity index is 425. The lowest BCUT2D eigenvalue weighted by Crippen LogP contribution is -2.16. The van der Waals surface area contributed by atoms with Gasteiger partial charge < -0.3 is 9.26 Å². The summed E-state index contributed by atoms with van der Waals surface area (Å²) in [7, 11) is 0. The maximum absolute atomic E-state index is 11.3. The molecule has 0 unspecified atom stereocenters. The Kier molecular flexibility index (Phi) is 2.64. The number of rotatable bonds is 2. The first-order chi connectivity index (χ1) is 7.34. The van der Waals surface area contributed by atoms with Crippen LogP contribution in [0.25, 0.3) is 0 Å². The molecule has 0 saturated carbocycles. The van der Waals surface area contributed by atoms with Crippen LogP contribution in [0.3, 0.4) is 0 Å². The molecule has 2 rings (SSSR count). The van der Waals surface area contributed by atoms with Crippen LogP contribution in [0.15, 0.2) is 47.2 Å². The van der Waals surface area contributed by atoms with Crippen LogP contribution in [-0.2, 0) is 0 Å². The minimum absolute atomic E-state index is 0.316. The fourth-order valence-electron chi connectivity index (χ4n) is 1.00. The fraction of sp³-hybridized carbons (Fsp3) is 0. The molecule has 1 aromatic heterocycles. The number of nitrogens with one attached hydrogen (secondary N) is 1. The number of para-hydroxylation sites is 1. The number of aromatic nitrogens is 1. The van der Waals surface area contributed by atoms with Gasteiger partial charge in [0.05, 0.1) is 0 Å². The van der Waals surface area contributed by atoms with Gasteiger partial charge in [-0.3, -0.25) is 5.32 Å². The lowest BCUT2D eigenvalue weighted by Gasteiger charge is -2.02. The van der Waals surface area contributed by atoms with Gasteiger partial charge in [-0.1, -0.05) is 23.4 Å². The Morgan fingerprint density at radius 3 is 2.73 bits per heavy atom. The molecule has 0 fully saturated rings. The first kappa shape index (κ1) is 9.26. The summed E-state index contributed by atoms with van der Waals surface area (Å²) in [4.78, 5) is 11.3. The maximum atomic E-state index is 11.3. The van der Waals surface area contributed by atoms with Crippen molar-refractivity contribution >= 4 is 11.9 Å². The van der Waals surface area contributed by atoms with Crippen molar-refractivity contribution in [3.8, 4) is 5.75 Å². The van der Waals surface area contributed by atoms with Crippen molar-refractivity contribution in [3.05, 3.63) is 42.7 Å². The highest BCUT2D eigenvalue weighted by Gasteiger charge is 2.05. The largest absolute Gasteiger partial charge is 0.418 e. The molecular weight excluding hydrogens is 196 g/mol. The average molecular weight is 204 g/mol. The van der Waals surface area contributed by atoms with Gasteiger partial charge in [-0.25, -0.2) is 4.79 Å². The number of carbonyl (C=O) groups is 1. The topological polar surface area (TPSA) is 64.4 Å². The van der Waals surface area contributed by atoms with Crippen molar-refractivity contribution in [3.63, 3.8) is 0 Å². The van der Waals surface area contributed by atoms with Gasteiger partial charge in [0, 0.05) is 6.07 Å². The van der Waals surface area contributed by atoms with Gasteiger partial charge in [0.15, 0.2) is 5.82 Å². The summed E-state index contributed by atoms with van der Waals surface area (Å²) in [6, 6.07) is 10.3. The number of nitrogens with zero attached hydrogens (tertiary/aromatic N) is 1. The van der Waals surface area contributed by atoms with E-state index in [1.807, 2.05) is 6.07 Å². The molecule has 0 spiro atoms. The predicted octanol–water partition coefficient (Wildman–Crippen LogP) is 2.29. The first-order valence-corrected chi connectivity index (χ1v) is 4.29. The summed E-state index contributed by atoms with van der Waals surface area (Å²) in [5.41, 5.74) is 0. The average Bonchev–Trinajstić information content (AvgIpc) is 2.71. The van der Waals surface area contributed by atoms with Crippen molar-refractivity contribution in [2.24, 2.45) is 0 Å². The Morgan fingerprint density at radius 1 is 1.27 bits per heavy atom. The zero-order chi connectivity index (χ0) is 10.5. The van der Waals surface area contributed by atoms with Crippen LogP contribution in [0.5, 0.6) is 5.75 Å². The number of hydrogen-bond acceptors (Lipinski definition) is 4. The Balaban J connectivity index is 1.94. The molecule has 0 aliphatic carbocycles. The van der Waals surface area contributed by atoms with Crippen LogP contribution >= 0.6 is 0 Å². The molecule has 15 heavy (non-hydrogen) atoms. The third-order valence-electron chi connectivity index (χ3n) is 1.62. The summed E-state index contributed by atoms with van der Waals surface area (Å²) >= 11 is 0. The smallest absolute Gasteiger partial charge is 0.410 e. The zero-order valence-corrected chi connectivity index (χ0v) is 7.71. The van der Waals surface area contributed by atoms with Gasteiger partial charge >= 0.3 is 6.09 Å². The molecule has 0 aliphatic heterocycles. The van der Waals surface area contributed by atoms with E-state index in [0.717, 1.165) is 0 Å². The molecule has 0 bridgehead atoms. The van der Waals surface area contributed by atoms with Crippen LogP contribution in [-0.4, -0.2) is 11.2 Å². The Hall–Kier alpha value is -2.30. The normalized spacial score (nSPS) is 9.60. The van der Waals surface area contributed by atoms with E-state index in [0.29, 0.717) is 11.6 Å². The molecule has 1 aromatic carbocycles. The highest BCUT2D eigenvalue weighted by atomic mass is 16.6. The number of carbonyl (C=O) groups excluding carboxylic acids is 1. The van der Waals surface area contributed by atoms with E-state index in [-0.39, 0.29) is 0 Å². The number of benzene rings is 1. The van der Waals surface area contributed by atoms with Gasteiger partial charge in [0.1, 0.15) is 12.0 Å². The standard InChI is InChI=1S/C10H8N2O3/c13-10(11-9-6-7-14-12-9)15-8-4-2-1-3-5-8/h1-7H,(H,11,12,13). The highest BCUT2D eigenvalue weighted by molar-refractivity contribution is 5.84. The number of hydrogen-bond donors (Lipinski definition) is 1. The summed E-state index contributed by atoms with van der Waals surface area (Å²) in [6.45, 7) is 0. The molecule has 0 atom stereocenters. The molecule has 1 heterocycles. The van der Waals surface area contributed by atoms with Crippen molar-refractivity contribution in [2.75, 3.05) is 5.32 Å². The predicted molar refractivity (Wildman–Crippen MR) is 52.6 cm³/mol. The third kappa shape index (κ3) is 2.57. The lowest BCUT2D eigenvalue weighted by molar-refractivity contribution is 0.215. The molecule has 0 aliphatic rings. The van der Waals surface area contributed by atoms with Gasteiger partial charge in [0.25, 0.3) is 0 Å². The van der Waals surface area contributed by atoms with Crippen LogP contribution in [0.4, 0.5) is 10.6 Å². The molecular formula is C10H8N2O3. The molecule has 0 saturated heterocycles. The highest BCUT2D eigenvalue weighted by Crippen LogP contribution is 2.09. The minimum Gasteiger partial charge on any atom is -0.410 e. The maximum Gasteiger partial charge on any atom is 0.418 e. The van der Waals surface area contributed by atoms with E-state index in [1.54, 1.807) is 24.3 Å². The Morgan fingerprint density at radius 2 is 2.07 bits per heavy atom. The van der Waals surface area contributed by atoms with E-state index in [1.165, 1.54) is 12.3 Å². The molecule has 1 amide bonds. The van der Waals surface area contributed by atoms with Gasteiger partial charge in [-0.15, -0.1) is 0 Å². The number of ether oxygens (including phenoxy) is 1. The lowest BCUT2D eigenvalue weighted by atomic mass is 10.3. The van der Waals surface area contributed by atoms with E-state index in [9.17, 15) is 4.79 Å². The summed E-state index contributed by atoms with van der Waals surface area (Å²) in [5.74, 6) is 0.787. The van der Waals surface area contributed by atoms with Crippen LogP contribution in [0, 0.1) is 0 Å². The molecule has 76 valence electrons. The van der Waals surface area contributed by atoms with Gasteiger partial charge in [0.2, 0.25) is 0 Å². The quantitative estimate of drug-likeness (QED) is 0.815. The van der Waals surface area contributed by atoms with Crippen LogP contribution in [0.1, 0.15) is 0 Å². The number of amides is 1. The first-order valence-electron chi connectivity index (χ1n) is 4.29. The minimum atomic E-state index is -0.602. The second kappa shape index (κ2) is 4.28. The monoisotopic (exact) mass is 204 g/mol. The van der Waals surface area contributed by atoms with E-state index in [4.69, 9.17) is 4.74 Å². The molecule has 5 nitrogen and oxygen atoms in total. The number of anilines is 1. The van der Waals surface area contributed by atoms with Gasteiger partial charge in [-0.2, -0.15) is 0 Å². The van der Waals surface area contributed by atoms with Crippen molar-refractivity contribution in [1.82, 2.24) is 5.16 Å². The molecule has 0 radical (unpaired) electrons. The van der Waals surface area contributed by atoms with Crippen molar-refractivity contribution < 1.29 is 14.1 Å². The summed E-state index contributed by atoms with van der Waals surface area (Å²) in [6.07, 6.45) is 0.757. The molecule has 5 heteroatoms. The molecule has 2 aromatic rings. The summed E-state index contributed by atoms with van der Waals surface area (Å²) in [5, 5.41) is 5.92. The van der Waals surface area contributed by atoms with Gasteiger partial charge in [-0.05, 0) is 12.1 Å². The molecule has 1 N–H and O–H groups in total. The van der Waals surface area contributed by atoms with Crippen LogP contribution < -0.4 is 10.1 Å². The SMILES string of the molecule is O=C(Nc1ccon1)Oc1ccccc1. The Labute approximate surface area is 85.6 Å². The third-order valence-corrected chi connectivity index (χ3v) is 1.62. The fourth-order valence-corrected chi connectivity index (χ4v) is 1.00. The second-order valence-corrected chi connectivity index (χ2v) is 2.71. The van der Waals surface area contributed by atoms with Crippen molar-refractivity contribution in [2.45, 2.75) is 0 Å². The van der Waals surface area contributed by atoms with E-state index >= 15 is 0 Å². The summed E-state index contributed by atoms with van der Waals surface area (Å²) < 4.78 is 9.50. The van der Waals surface area contributed by atoms with Crippen molar-refractivity contribution in [1.29, 1.82) is 0 Å².